The van der Waals surface area contributed by atoms with Crippen LogP contribution >= 0.6 is 0 Å². The van der Waals surface area contributed by atoms with Gasteiger partial charge < -0.3 is 19.9 Å². The van der Waals surface area contributed by atoms with E-state index >= 15 is 0 Å². The van der Waals surface area contributed by atoms with E-state index in [4.69, 9.17) is 14.6 Å². The van der Waals surface area contributed by atoms with Gasteiger partial charge in [0.05, 0.1) is 23.0 Å². The Balaban J connectivity index is 2.35. The van der Waals surface area contributed by atoms with Gasteiger partial charge in [-0.05, 0) is 31.2 Å². The third-order valence-corrected chi connectivity index (χ3v) is 2.79. The molecule has 1 amide bonds. The maximum Gasteiger partial charge on any atom is 0.335 e. The highest BCUT2D eigenvalue weighted by Crippen LogP contribution is 2.18. The van der Waals surface area contributed by atoms with Crippen LogP contribution in [0, 0.1) is 6.92 Å². The van der Waals surface area contributed by atoms with Gasteiger partial charge in [0.25, 0.3) is 5.91 Å². The largest absolute Gasteiger partial charge is 0.478 e. The number of rotatable bonds is 4. The second-order valence-corrected chi connectivity index (χ2v) is 4.25. The minimum absolute atomic E-state index is 0.0814. The SMILES string of the molecule is Cc1occc1C(=O)Nc1cc(C(=O)O)cc(C(=O)O)c1. The third kappa shape index (κ3) is 3.08. The van der Waals surface area contributed by atoms with Crippen LogP contribution in [0.1, 0.15) is 36.8 Å². The van der Waals surface area contributed by atoms with Gasteiger partial charge in [0.1, 0.15) is 5.76 Å². The molecule has 1 aromatic carbocycles. The fourth-order valence-corrected chi connectivity index (χ4v) is 1.77. The summed E-state index contributed by atoms with van der Waals surface area (Å²) >= 11 is 0. The average molecular weight is 289 g/mol. The lowest BCUT2D eigenvalue weighted by atomic mass is 10.1. The predicted molar refractivity (Wildman–Crippen MR) is 71.8 cm³/mol. The van der Waals surface area contributed by atoms with Gasteiger partial charge >= 0.3 is 11.9 Å². The minimum Gasteiger partial charge on any atom is -0.478 e. The Morgan fingerprint density at radius 1 is 1.05 bits per heavy atom. The first-order valence-electron chi connectivity index (χ1n) is 5.85. The highest BCUT2D eigenvalue weighted by atomic mass is 16.4. The molecule has 2 rings (SSSR count). The number of carboxylic acid groups (broad SMARTS) is 2. The molecule has 21 heavy (non-hydrogen) atoms. The van der Waals surface area contributed by atoms with Crippen molar-refractivity contribution >= 4 is 23.5 Å². The molecule has 0 aliphatic heterocycles. The Labute approximate surface area is 118 Å². The van der Waals surface area contributed by atoms with Gasteiger partial charge in [-0.3, -0.25) is 4.79 Å². The number of anilines is 1. The lowest BCUT2D eigenvalue weighted by Crippen LogP contribution is -2.13. The number of hydrogen-bond acceptors (Lipinski definition) is 4. The number of hydrogen-bond donors (Lipinski definition) is 3. The number of aryl methyl sites for hydroxylation is 1. The van der Waals surface area contributed by atoms with E-state index < -0.39 is 17.8 Å². The van der Waals surface area contributed by atoms with E-state index in [0.717, 1.165) is 6.07 Å². The molecule has 0 radical (unpaired) electrons. The Kier molecular flexibility index (Phi) is 3.75. The summed E-state index contributed by atoms with van der Waals surface area (Å²) in [5.41, 5.74) is -0.0891. The Morgan fingerprint density at radius 3 is 2.05 bits per heavy atom. The number of carbonyl (C=O) groups excluding carboxylic acids is 1. The van der Waals surface area contributed by atoms with Crippen LogP contribution in [0.15, 0.2) is 34.9 Å². The van der Waals surface area contributed by atoms with E-state index in [1.165, 1.54) is 24.5 Å². The van der Waals surface area contributed by atoms with Crippen molar-refractivity contribution in [3.05, 3.63) is 53.0 Å². The van der Waals surface area contributed by atoms with Crippen LogP contribution in [0.2, 0.25) is 0 Å². The predicted octanol–water partition coefficient (Wildman–Crippen LogP) is 2.24. The van der Waals surface area contributed by atoms with Gasteiger partial charge in [-0.15, -0.1) is 0 Å². The van der Waals surface area contributed by atoms with Crippen molar-refractivity contribution in [3.8, 4) is 0 Å². The molecule has 108 valence electrons. The van der Waals surface area contributed by atoms with E-state index in [-0.39, 0.29) is 22.4 Å². The fraction of sp³-hybridized carbons (Fsp3) is 0.0714. The van der Waals surface area contributed by atoms with Gasteiger partial charge in [0.2, 0.25) is 0 Å². The van der Waals surface area contributed by atoms with Gasteiger partial charge in [-0.2, -0.15) is 0 Å². The van der Waals surface area contributed by atoms with Crippen LogP contribution in [0.25, 0.3) is 0 Å². The summed E-state index contributed by atoms with van der Waals surface area (Å²) < 4.78 is 5.00. The monoisotopic (exact) mass is 289 g/mol. The first-order valence-corrected chi connectivity index (χ1v) is 5.85. The zero-order valence-electron chi connectivity index (χ0n) is 10.9. The zero-order valence-corrected chi connectivity index (χ0v) is 10.9. The summed E-state index contributed by atoms with van der Waals surface area (Å²) in [5, 5.41) is 20.4. The molecule has 3 N–H and O–H groups in total. The Morgan fingerprint density at radius 2 is 1.62 bits per heavy atom. The summed E-state index contributed by atoms with van der Waals surface area (Å²) in [6.45, 7) is 1.60. The Bertz CT molecular complexity index is 699. The molecule has 0 bridgehead atoms. The van der Waals surface area contributed by atoms with Crippen molar-refractivity contribution in [1.82, 2.24) is 0 Å². The van der Waals surface area contributed by atoms with E-state index in [1.54, 1.807) is 6.92 Å². The topological polar surface area (TPSA) is 117 Å². The van der Waals surface area contributed by atoms with Gasteiger partial charge in [-0.25, -0.2) is 9.59 Å². The second kappa shape index (κ2) is 5.49. The molecule has 0 aliphatic carbocycles. The van der Waals surface area contributed by atoms with Crippen LogP contribution in [0.3, 0.4) is 0 Å². The summed E-state index contributed by atoms with van der Waals surface area (Å²) in [7, 11) is 0. The molecular formula is C14H11NO6. The second-order valence-electron chi connectivity index (χ2n) is 4.25. The molecule has 1 aromatic heterocycles. The fourth-order valence-electron chi connectivity index (χ4n) is 1.77. The van der Waals surface area contributed by atoms with Crippen molar-refractivity contribution in [1.29, 1.82) is 0 Å². The van der Waals surface area contributed by atoms with Crippen LogP contribution < -0.4 is 5.32 Å². The minimum atomic E-state index is -1.28. The summed E-state index contributed by atoms with van der Waals surface area (Å²) in [6, 6.07) is 4.84. The standard InChI is InChI=1S/C14H11NO6/c1-7-11(2-3-21-7)12(16)15-10-5-8(13(17)18)4-9(6-10)14(19)20/h2-6H,1H3,(H,15,16)(H,17,18)(H,19,20). The molecule has 7 nitrogen and oxygen atoms in total. The number of nitrogens with one attached hydrogen (secondary N) is 1. The number of furan rings is 1. The average Bonchev–Trinajstić information content (AvgIpc) is 2.84. The first-order chi connectivity index (χ1) is 9.88. The van der Waals surface area contributed by atoms with Crippen molar-refractivity contribution in [2.45, 2.75) is 6.92 Å². The van der Waals surface area contributed by atoms with Crippen molar-refractivity contribution in [2.24, 2.45) is 0 Å². The molecule has 0 saturated heterocycles. The van der Waals surface area contributed by atoms with Crippen LogP contribution in [0.5, 0.6) is 0 Å². The molecule has 0 saturated carbocycles. The van der Waals surface area contributed by atoms with Crippen LogP contribution in [-0.2, 0) is 0 Å². The van der Waals surface area contributed by atoms with E-state index in [9.17, 15) is 14.4 Å². The lowest BCUT2D eigenvalue weighted by Gasteiger charge is -2.07. The summed E-state index contributed by atoms with van der Waals surface area (Å²) in [6.07, 6.45) is 1.35. The molecule has 0 fully saturated rings. The number of aromatic carboxylic acids is 2. The normalized spacial score (nSPS) is 10.1. The van der Waals surface area contributed by atoms with Crippen LogP contribution in [-0.4, -0.2) is 28.1 Å². The van der Waals surface area contributed by atoms with Crippen molar-refractivity contribution < 1.29 is 29.0 Å². The Hall–Kier alpha value is -3.09. The van der Waals surface area contributed by atoms with E-state index in [1.807, 2.05) is 0 Å². The highest BCUT2D eigenvalue weighted by molar-refractivity contribution is 6.06. The first kappa shape index (κ1) is 14.3. The van der Waals surface area contributed by atoms with Crippen LogP contribution in [0.4, 0.5) is 5.69 Å². The smallest absolute Gasteiger partial charge is 0.335 e. The van der Waals surface area contributed by atoms with Gasteiger partial charge in [0, 0.05) is 5.69 Å². The molecule has 2 aromatic rings. The quantitative estimate of drug-likeness (QED) is 0.794. The molecule has 1 heterocycles. The van der Waals surface area contributed by atoms with Crippen molar-refractivity contribution in [2.75, 3.05) is 5.32 Å². The highest BCUT2D eigenvalue weighted by Gasteiger charge is 2.15. The third-order valence-electron chi connectivity index (χ3n) is 2.79. The number of carboxylic acids is 2. The maximum atomic E-state index is 12.0. The van der Waals surface area contributed by atoms with Gasteiger partial charge in [0.15, 0.2) is 0 Å². The molecule has 7 heteroatoms. The molecule has 0 spiro atoms. The summed E-state index contributed by atoms with van der Waals surface area (Å²) in [4.78, 5) is 33.9. The van der Waals surface area contributed by atoms with E-state index in [0.29, 0.717) is 5.76 Å². The zero-order chi connectivity index (χ0) is 15.6. The molecular weight excluding hydrogens is 278 g/mol. The molecule has 0 unspecified atom stereocenters. The molecule has 0 aliphatic rings. The van der Waals surface area contributed by atoms with E-state index in [2.05, 4.69) is 5.32 Å². The number of benzene rings is 1. The number of carbonyl (C=O) groups is 3. The number of amides is 1. The van der Waals surface area contributed by atoms with Gasteiger partial charge in [-0.1, -0.05) is 0 Å². The maximum absolute atomic E-state index is 12.0. The lowest BCUT2D eigenvalue weighted by molar-refractivity contribution is 0.0696. The molecule has 0 atom stereocenters. The summed E-state index contributed by atoms with van der Waals surface area (Å²) in [5.74, 6) is -2.68. The van der Waals surface area contributed by atoms with Crippen molar-refractivity contribution in [3.63, 3.8) is 0 Å².